The van der Waals surface area contributed by atoms with Crippen molar-refractivity contribution >= 4 is 5.91 Å². The van der Waals surface area contributed by atoms with Gasteiger partial charge in [0.2, 0.25) is 5.91 Å². The standard InChI is InChI=1S/C10H20N2O2/c1-8(11)2-3-10(14)12-6-4-9(13)5-7-12/h8-9,13H,2-7,11H2,1H3. The molecule has 1 aliphatic rings. The van der Waals surface area contributed by atoms with E-state index < -0.39 is 0 Å². The van der Waals surface area contributed by atoms with Crippen molar-refractivity contribution in [3.63, 3.8) is 0 Å². The van der Waals surface area contributed by atoms with Crippen LogP contribution in [0.25, 0.3) is 0 Å². The Morgan fingerprint density at radius 2 is 2.14 bits per heavy atom. The van der Waals surface area contributed by atoms with Crippen molar-refractivity contribution < 1.29 is 9.90 Å². The van der Waals surface area contributed by atoms with Crippen LogP contribution in [-0.4, -0.2) is 41.1 Å². The van der Waals surface area contributed by atoms with E-state index in [1.165, 1.54) is 0 Å². The van der Waals surface area contributed by atoms with Crippen LogP contribution >= 0.6 is 0 Å². The van der Waals surface area contributed by atoms with Crippen LogP contribution in [0.3, 0.4) is 0 Å². The number of likely N-dealkylation sites (tertiary alicyclic amines) is 1. The average Bonchev–Trinajstić information content (AvgIpc) is 2.15. The fraction of sp³-hybridized carbons (Fsp3) is 0.900. The molecule has 0 aromatic heterocycles. The van der Waals surface area contributed by atoms with E-state index in [0.717, 1.165) is 6.42 Å². The monoisotopic (exact) mass is 200 g/mol. The smallest absolute Gasteiger partial charge is 0.222 e. The molecule has 4 nitrogen and oxygen atoms in total. The average molecular weight is 200 g/mol. The largest absolute Gasteiger partial charge is 0.393 e. The molecule has 14 heavy (non-hydrogen) atoms. The van der Waals surface area contributed by atoms with Crippen LogP contribution in [0.2, 0.25) is 0 Å². The fourth-order valence-electron chi connectivity index (χ4n) is 1.62. The van der Waals surface area contributed by atoms with Crippen LogP contribution in [0.5, 0.6) is 0 Å². The van der Waals surface area contributed by atoms with Gasteiger partial charge in [-0.25, -0.2) is 0 Å². The Hall–Kier alpha value is -0.610. The van der Waals surface area contributed by atoms with Crippen molar-refractivity contribution in [2.45, 2.75) is 44.8 Å². The maximum Gasteiger partial charge on any atom is 0.222 e. The first-order chi connectivity index (χ1) is 6.59. The Morgan fingerprint density at radius 3 is 2.64 bits per heavy atom. The van der Waals surface area contributed by atoms with Crippen LogP contribution < -0.4 is 5.73 Å². The lowest BCUT2D eigenvalue weighted by molar-refractivity contribution is -0.133. The highest BCUT2D eigenvalue weighted by Gasteiger charge is 2.20. The zero-order chi connectivity index (χ0) is 10.6. The van der Waals surface area contributed by atoms with E-state index >= 15 is 0 Å². The number of rotatable bonds is 3. The number of amides is 1. The van der Waals surface area contributed by atoms with E-state index in [2.05, 4.69) is 0 Å². The molecule has 0 radical (unpaired) electrons. The summed E-state index contributed by atoms with van der Waals surface area (Å²) in [6.07, 6.45) is 2.49. The molecule has 1 saturated heterocycles. The third-order valence-electron chi connectivity index (χ3n) is 2.63. The molecular formula is C10H20N2O2. The van der Waals surface area contributed by atoms with E-state index in [9.17, 15) is 9.90 Å². The van der Waals surface area contributed by atoms with E-state index in [1.54, 1.807) is 0 Å². The maximum atomic E-state index is 11.6. The molecule has 1 atom stereocenters. The highest BCUT2D eigenvalue weighted by Crippen LogP contribution is 2.11. The molecule has 0 aromatic rings. The highest BCUT2D eigenvalue weighted by molar-refractivity contribution is 5.76. The van der Waals surface area contributed by atoms with Crippen LogP contribution in [0.1, 0.15) is 32.6 Å². The summed E-state index contributed by atoms with van der Waals surface area (Å²) in [5, 5.41) is 9.27. The Morgan fingerprint density at radius 1 is 1.57 bits per heavy atom. The van der Waals surface area contributed by atoms with Crippen molar-refractivity contribution in [3.05, 3.63) is 0 Å². The van der Waals surface area contributed by atoms with Gasteiger partial charge in [-0.2, -0.15) is 0 Å². The number of carbonyl (C=O) groups excluding carboxylic acids is 1. The van der Waals surface area contributed by atoms with Gasteiger partial charge in [0.15, 0.2) is 0 Å². The summed E-state index contributed by atoms with van der Waals surface area (Å²) < 4.78 is 0. The van der Waals surface area contributed by atoms with Crippen molar-refractivity contribution in [1.82, 2.24) is 4.90 Å². The number of hydrogen-bond donors (Lipinski definition) is 2. The first kappa shape index (κ1) is 11.5. The summed E-state index contributed by atoms with van der Waals surface area (Å²) in [6, 6.07) is 0.0920. The predicted molar refractivity (Wildman–Crippen MR) is 54.7 cm³/mol. The van der Waals surface area contributed by atoms with Gasteiger partial charge in [-0.3, -0.25) is 4.79 Å². The molecule has 1 heterocycles. The molecule has 0 saturated carbocycles. The molecule has 1 unspecified atom stereocenters. The third kappa shape index (κ3) is 3.64. The minimum atomic E-state index is -0.215. The number of carbonyl (C=O) groups is 1. The first-order valence-corrected chi connectivity index (χ1v) is 5.31. The molecule has 0 aromatic carbocycles. The normalized spacial score (nSPS) is 20.9. The SMILES string of the molecule is CC(N)CCC(=O)N1CCC(O)CC1. The Bertz CT molecular complexity index is 187. The summed E-state index contributed by atoms with van der Waals surface area (Å²) in [4.78, 5) is 13.4. The second-order valence-electron chi connectivity index (χ2n) is 4.13. The summed E-state index contributed by atoms with van der Waals surface area (Å²) in [6.45, 7) is 3.30. The summed E-state index contributed by atoms with van der Waals surface area (Å²) in [5.74, 6) is 0.175. The van der Waals surface area contributed by atoms with E-state index in [1.807, 2.05) is 11.8 Å². The van der Waals surface area contributed by atoms with Gasteiger partial charge in [0.25, 0.3) is 0 Å². The molecule has 0 spiro atoms. The van der Waals surface area contributed by atoms with Gasteiger partial charge in [0, 0.05) is 25.6 Å². The van der Waals surface area contributed by atoms with Gasteiger partial charge in [-0.15, -0.1) is 0 Å². The second-order valence-corrected chi connectivity index (χ2v) is 4.13. The maximum absolute atomic E-state index is 11.6. The van der Waals surface area contributed by atoms with E-state index in [-0.39, 0.29) is 18.1 Å². The molecule has 1 amide bonds. The predicted octanol–water partition coefficient (Wildman–Crippen LogP) is 0.0971. The molecule has 1 rings (SSSR count). The van der Waals surface area contributed by atoms with Crippen LogP contribution in [0.4, 0.5) is 0 Å². The Labute approximate surface area is 85.1 Å². The minimum absolute atomic E-state index is 0.0920. The molecule has 1 fully saturated rings. The molecule has 4 heteroatoms. The van der Waals surface area contributed by atoms with Crippen LogP contribution in [0, 0.1) is 0 Å². The van der Waals surface area contributed by atoms with Crippen molar-refractivity contribution in [2.24, 2.45) is 5.73 Å². The number of piperidine rings is 1. The van der Waals surface area contributed by atoms with Crippen LogP contribution in [0.15, 0.2) is 0 Å². The highest BCUT2D eigenvalue weighted by atomic mass is 16.3. The lowest BCUT2D eigenvalue weighted by Gasteiger charge is -2.29. The summed E-state index contributed by atoms with van der Waals surface area (Å²) in [7, 11) is 0. The van der Waals surface area contributed by atoms with E-state index in [0.29, 0.717) is 32.4 Å². The number of nitrogens with zero attached hydrogens (tertiary/aromatic N) is 1. The lowest BCUT2D eigenvalue weighted by Crippen LogP contribution is -2.40. The second kappa shape index (κ2) is 5.32. The van der Waals surface area contributed by atoms with Gasteiger partial charge >= 0.3 is 0 Å². The number of aliphatic hydroxyl groups is 1. The number of nitrogens with two attached hydrogens (primary N) is 1. The lowest BCUT2D eigenvalue weighted by atomic mass is 10.1. The third-order valence-corrected chi connectivity index (χ3v) is 2.63. The molecular weight excluding hydrogens is 180 g/mol. The summed E-state index contributed by atoms with van der Waals surface area (Å²) >= 11 is 0. The van der Waals surface area contributed by atoms with Gasteiger partial charge < -0.3 is 15.7 Å². The van der Waals surface area contributed by atoms with Gasteiger partial charge in [0.1, 0.15) is 0 Å². The zero-order valence-corrected chi connectivity index (χ0v) is 8.78. The topological polar surface area (TPSA) is 66.6 Å². The van der Waals surface area contributed by atoms with Gasteiger partial charge in [-0.05, 0) is 26.2 Å². The minimum Gasteiger partial charge on any atom is -0.393 e. The number of aliphatic hydroxyl groups excluding tert-OH is 1. The molecule has 0 aliphatic carbocycles. The van der Waals surface area contributed by atoms with Crippen molar-refractivity contribution in [1.29, 1.82) is 0 Å². The van der Waals surface area contributed by atoms with Gasteiger partial charge in [-0.1, -0.05) is 0 Å². The molecule has 1 aliphatic heterocycles. The van der Waals surface area contributed by atoms with Crippen LogP contribution in [-0.2, 0) is 4.79 Å². The van der Waals surface area contributed by atoms with Crippen molar-refractivity contribution in [2.75, 3.05) is 13.1 Å². The van der Waals surface area contributed by atoms with Crippen molar-refractivity contribution in [3.8, 4) is 0 Å². The Balaban J connectivity index is 2.24. The fourth-order valence-corrected chi connectivity index (χ4v) is 1.62. The quantitative estimate of drug-likeness (QED) is 0.679. The zero-order valence-electron chi connectivity index (χ0n) is 8.78. The van der Waals surface area contributed by atoms with Gasteiger partial charge in [0.05, 0.1) is 6.10 Å². The molecule has 0 bridgehead atoms. The number of hydrogen-bond acceptors (Lipinski definition) is 3. The van der Waals surface area contributed by atoms with E-state index in [4.69, 9.17) is 5.73 Å². The first-order valence-electron chi connectivity index (χ1n) is 5.31. The Kier molecular flexibility index (Phi) is 4.35. The molecule has 3 N–H and O–H groups in total. The molecule has 82 valence electrons. The summed E-state index contributed by atoms with van der Waals surface area (Å²) in [5.41, 5.74) is 5.58.